The van der Waals surface area contributed by atoms with Gasteiger partial charge in [0.2, 0.25) is 10.0 Å². The highest BCUT2D eigenvalue weighted by atomic mass is 32.2. The van der Waals surface area contributed by atoms with Gasteiger partial charge in [-0.05, 0) is 36.1 Å². The van der Waals surface area contributed by atoms with Gasteiger partial charge in [0.15, 0.2) is 0 Å². The number of sulfonamides is 1. The standard InChI is InChI=1S/C18H22N2O3S/c1-13(15-8-5-4-6-9-15)12-19-18(21)16-10-7-11-17(14(16)2)20-24(3,22)23/h4-11,13,20H,12H2,1-3H3,(H,19,21). The Kier molecular flexibility index (Phi) is 5.62. The number of carbonyl (C=O) groups is 1. The van der Waals surface area contributed by atoms with E-state index in [4.69, 9.17) is 0 Å². The SMILES string of the molecule is Cc1c(NS(C)(=O)=O)cccc1C(=O)NCC(C)c1ccccc1. The van der Waals surface area contributed by atoms with Crippen molar-refractivity contribution in [3.05, 3.63) is 65.2 Å². The fraction of sp³-hybridized carbons (Fsp3) is 0.278. The van der Waals surface area contributed by atoms with E-state index in [-0.39, 0.29) is 11.8 Å². The molecule has 0 saturated heterocycles. The van der Waals surface area contributed by atoms with E-state index < -0.39 is 10.0 Å². The fourth-order valence-electron chi connectivity index (χ4n) is 2.43. The first-order chi connectivity index (χ1) is 11.3. The van der Waals surface area contributed by atoms with Crippen molar-refractivity contribution in [1.82, 2.24) is 5.32 Å². The molecular formula is C18H22N2O3S. The van der Waals surface area contributed by atoms with Gasteiger partial charge in [-0.3, -0.25) is 9.52 Å². The molecule has 0 aromatic heterocycles. The summed E-state index contributed by atoms with van der Waals surface area (Å²) >= 11 is 0. The van der Waals surface area contributed by atoms with E-state index in [1.54, 1.807) is 25.1 Å². The van der Waals surface area contributed by atoms with Crippen LogP contribution in [-0.2, 0) is 10.0 Å². The lowest BCUT2D eigenvalue weighted by Crippen LogP contribution is -2.28. The van der Waals surface area contributed by atoms with Crippen LogP contribution in [0.15, 0.2) is 48.5 Å². The number of amides is 1. The molecule has 0 radical (unpaired) electrons. The fourth-order valence-corrected chi connectivity index (χ4v) is 3.05. The third-order valence-electron chi connectivity index (χ3n) is 3.81. The zero-order valence-corrected chi connectivity index (χ0v) is 14.9. The van der Waals surface area contributed by atoms with Crippen molar-refractivity contribution in [2.75, 3.05) is 17.5 Å². The van der Waals surface area contributed by atoms with Gasteiger partial charge in [-0.15, -0.1) is 0 Å². The summed E-state index contributed by atoms with van der Waals surface area (Å²) in [7, 11) is -3.39. The molecule has 1 unspecified atom stereocenters. The largest absolute Gasteiger partial charge is 0.351 e. The number of benzene rings is 2. The minimum atomic E-state index is -3.39. The topological polar surface area (TPSA) is 75.3 Å². The van der Waals surface area contributed by atoms with Crippen molar-refractivity contribution >= 4 is 21.6 Å². The molecule has 2 aromatic rings. The Morgan fingerprint density at radius 2 is 1.75 bits per heavy atom. The molecule has 1 atom stereocenters. The van der Waals surface area contributed by atoms with E-state index in [2.05, 4.69) is 10.0 Å². The Hall–Kier alpha value is -2.34. The third-order valence-corrected chi connectivity index (χ3v) is 4.40. The molecule has 128 valence electrons. The van der Waals surface area contributed by atoms with E-state index >= 15 is 0 Å². The van der Waals surface area contributed by atoms with Gasteiger partial charge in [-0.2, -0.15) is 0 Å². The van der Waals surface area contributed by atoms with Crippen LogP contribution >= 0.6 is 0 Å². The lowest BCUT2D eigenvalue weighted by molar-refractivity contribution is 0.0951. The van der Waals surface area contributed by atoms with Crippen molar-refractivity contribution in [3.8, 4) is 0 Å². The van der Waals surface area contributed by atoms with Crippen molar-refractivity contribution in [1.29, 1.82) is 0 Å². The summed E-state index contributed by atoms with van der Waals surface area (Å²) < 4.78 is 25.2. The Labute approximate surface area is 143 Å². The Morgan fingerprint density at radius 1 is 1.08 bits per heavy atom. The molecule has 6 heteroatoms. The minimum absolute atomic E-state index is 0.188. The first-order valence-corrected chi connectivity index (χ1v) is 9.57. The van der Waals surface area contributed by atoms with Crippen LogP contribution in [0.4, 0.5) is 5.69 Å². The summed E-state index contributed by atoms with van der Waals surface area (Å²) in [5.74, 6) is -0.0276. The predicted molar refractivity (Wildman–Crippen MR) is 96.8 cm³/mol. The second-order valence-electron chi connectivity index (χ2n) is 5.87. The normalized spacial score (nSPS) is 12.5. The van der Waals surface area contributed by atoms with Gasteiger partial charge in [-0.1, -0.05) is 43.3 Å². The minimum Gasteiger partial charge on any atom is -0.351 e. The summed E-state index contributed by atoms with van der Waals surface area (Å²) in [6.07, 6.45) is 1.08. The van der Waals surface area contributed by atoms with Crippen LogP contribution in [0.2, 0.25) is 0 Å². The van der Waals surface area contributed by atoms with Crippen LogP contribution in [0.1, 0.15) is 34.3 Å². The Bertz CT molecular complexity index is 817. The number of carbonyl (C=O) groups excluding carboxylic acids is 1. The van der Waals surface area contributed by atoms with E-state index in [1.165, 1.54) is 0 Å². The summed E-state index contributed by atoms with van der Waals surface area (Å²) in [6.45, 7) is 4.28. The highest BCUT2D eigenvalue weighted by Crippen LogP contribution is 2.20. The second kappa shape index (κ2) is 7.49. The van der Waals surface area contributed by atoms with E-state index in [9.17, 15) is 13.2 Å². The zero-order valence-electron chi connectivity index (χ0n) is 14.0. The molecule has 2 N–H and O–H groups in total. The predicted octanol–water partition coefficient (Wildman–Crippen LogP) is 2.90. The molecular weight excluding hydrogens is 324 g/mol. The Morgan fingerprint density at radius 3 is 2.38 bits per heavy atom. The summed E-state index contributed by atoms with van der Waals surface area (Å²) in [4.78, 5) is 12.4. The smallest absolute Gasteiger partial charge is 0.251 e. The first kappa shape index (κ1) is 18.0. The molecule has 0 saturated carbocycles. The maximum Gasteiger partial charge on any atom is 0.251 e. The number of hydrogen-bond donors (Lipinski definition) is 2. The molecule has 0 aliphatic rings. The van der Waals surface area contributed by atoms with Gasteiger partial charge >= 0.3 is 0 Å². The maximum absolute atomic E-state index is 12.4. The van der Waals surface area contributed by atoms with Gasteiger partial charge in [-0.25, -0.2) is 8.42 Å². The third kappa shape index (κ3) is 4.83. The van der Waals surface area contributed by atoms with Crippen LogP contribution in [0.5, 0.6) is 0 Å². The van der Waals surface area contributed by atoms with Crippen LogP contribution in [0.3, 0.4) is 0 Å². The summed E-state index contributed by atoms with van der Waals surface area (Å²) in [5, 5.41) is 2.91. The van der Waals surface area contributed by atoms with Crippen LogP contribution in [0.25, 0.3) is 0 Å². The van der Waals surface area contributed by atoms with Gasteiger partial charge in [0, 0.05) is 12.1 Å². The van der Waals surface area contributed by atoms with Crippen LogP contribution < -0.4 is 10.0 Å². The highest BCUT2D eigenvalue weighted by Gasteiger charge is 2.14. The Balaban J connectivity index is 2.09. The van der Waals surface area contributed by atoms with E-state index in [0.717, 1.165) is 11.8 Å². The lowest BCUT2D eigenvalue weighted by Gasteiger charge is -2.15. The summed E-state index contributed by atoms with van der Waals surface area (Å²) in [5.41, 5.74) is 2.64. The molecule has 1 amide bonds. The molecule has 0 heterocycles. The average molecular weight is 346 g/mol. The molecule has 0 fully saturated rings. The number of nitrogens with one attached hydrogen (secondary N) is 2. The zero-order chi connectivity index (χ0) is 17.7. The summed E-state index contributed by atoms with van der Waals surface area (Å²) in [6, 6.07) is 14.9. The molecule has 5 nitrogen and oxygen atoms in total. The molecule has 2 rings (SSSR count). The van der Waals surface area contributed by atoms with Crippen molar-refractivity contribution in [2.45, 2.75) is 19.8 Å². The average Bonchev–Trinajstić information content (AvgIpc) is 2.54. The first-order valence-electron chi connectivity index (χ1n) is 7.68. The van der Waals surface area contributed by atoms with Gasteiger partial charge in [0.25, 0.3) is 5.91 Å². The molecule has 0 aliphatic heterocycles. The lowest BCUT2D eigenvalue weighted by atomic mass is 10.0. The van der Waals surface area contributed by atoms with Crippen molar-refractivity contribution in [2.24, 2.45) is 0 Å². The molecule has 0 spiro atoms. The highest BCUT2D eigenvalue weighted by molar-refractivity contribution is 7.92. The number of hydrogen-bond acceptors (Lipinski definition) is 3. The van der Waals surface area contributed by atoms with E-state index in [0.29, 0.717) is 23.4 Å². The van der Waals surface area contributed by atoms with Crippen molar-refractivity contribution < 1.29 is 13.2 Å². The molecule has 2 aromatic carbocycles. The molecule has 24 heavy (non-hydrogen) atoms. The quantitative estimate of drug-likeness (QED) is 0.844. The number of rotatable bonds is 6. The van der Waals surface area contributed by atoms with Gasteiger partial charge in [0.05, 0.1) is 11.9 Å². The van der Waals surface area contributed by atoms with E-state index in [1.807, 2.05) is 37.3 Å². The van der Waals surface area contributed by atoms with Crippen LogP contribution in [0, 0.1) is 6.92 Å². The van der Waals surface area contributed by atoms with Gasteiger partial charge in [0.1, 0.15) is 0 Å². The van der Waals surface area contributed by atoms with Gasteiger partial charge < -0.3 is 5.32 Å². The maximum atomic E-state index is 12.4. The molecule has 0 bridgehead atoms. The number of anilines is 1. The van der Waals surface area contributed by atoms with Crippen LogP contribution in [-0.4, -0.2) is 27.1 Å². The monoisotopic (exact) mass is 346 g/mol. The second-order valence-corrected chi connectivity index (χ2v) is 7.62. The molecule has 0 aliphatic carbocycles. The van der Waals surface area contributed by atoms with Crippen molar-refractivity contribution in [3.63, 3.8) is 0 Å².